The van der Waals surface area contributed by atoms with Crippen LogP contribution < -0.4 is 11.1 Å². The van der Waals surface area contributed by atoms with Crippen LogP contribution in [0.1, 0.15) is 44.3 Å². The number of hydrogen-bond acceptors (Lipinski definition) is 9. The lowest BCUT2D eigenvalue weighted by atomic mass is 9.94. The van der Waals surface area contributed by atoms with Gasteiger partial charge < -0.3 is 25.6 Å². The van der Waals surface area contributed by atoms with Crippen LogP contribution >= 0.6 is 22.9 Å². The van der Waals surface area contributed by atoms with Crippen LogP contribution in [0.15, 0.2) is 46.0 Å². The van der Waals surface area contributed by atoms with Crippen molar-refractivity contribution in [2.24, 2.45) is 10.7 Å². The minimum absolute atomic E-state index is 0.0156. The Kier molecular flexibility index (Phi) is 8.38. The van der Waals surface area contributed by atoms with Gasteiger partial charge in [-0.3, -0.25) is 9.89 Å². The van der Waals surface area contributed by atoms with Crippen molar-refractivity contribution in [2.75, 3.05) is 39.3 Å². The van der Waals surface area contributed by atoms with Crippen molar-refractivity contribution in [3.05, 3.63) is 62.5 Å². The normalized spacial score (nSPS) is 23.4. The second-order valence-electron chi connectivity index (χ2n) is 11.2. The Labute approximate surface area is 248 Å². The summed E-state index contributed by atoms with van der Waals surface area (Å²) in [5.41, 5.74) is 7.17. The maximum atomic E-state index is 14.6. The molecule has 4 heterocycles. The zero-order valence-corrected chi connectivity index (χ0v) is 25.1. The number of carbonyl (C=O) groups is 2. The molecule has 3 aliphatic heterocycles. The van der Waals surface area contributed by atoms with Crippen LogP contribution in [-0.4, -0.2) is 94.5 Å². The Morgan fingerprint density at radius 1 is 1.32 bits per heavy atom. The third-order valence-corrected chi connectivity index (χ3v) is 8.91. The Bertz CT molecular complexity index is 1380. The first-order valence-corrected chi connectivity index (χ1v) is 14.9. The zero-order chi connectivity index (χ0) is 29.5. The molecule has 0 aliphatic carbocycles. The summed E-state index contributed by atoms with van der Waals surface area (Å²) in [4.78, 5) is 41.9. The van der Waals surface area contributed by atoms with Gasteiger partial charge in [-0.15, -0.1) is 11.3 Å². The van der Waals surface area contributed by atoms with Crippen LogP contribution in [0.4, 0.5) is 9.18 Å². The van der Waals surface area contributed by atoms with E-state index in [9.17, 15) is 14.0 Å². The number of amides is 2. The molecule has 13 heteroatoms. The minimum Gasteiger partial charge on any atom is -0.463 e. The number of nitrogens with zero attached hydrogens (tertiary/aromatic N) is 5. The molecule has 1 aromatic carbocycles. The summed E-state index contributed by atoms with van der Waals surface area (Å²) < 4.78 is 20.1. The third-order valence-electron chi connectivity index (χ3n) is 7.73. The van der Waals surface area contributed by atoms with Gasteiger partial charge in [-0.05, 0) is 33.8 Å². The second-order valence-corrected chi connectivity index (χ2v) is 12.5. The summed E-state index contributed by atoms with van der Waals surface area (Å²) in [7, 11) is 0. The number of urea groups is 1. The predicted molar refractivity (Wildman–Crippen MR) is 156 cm³/mol. The lowest BCUT2D eigenvalue weighted by molar-refractivity contribution is -0.139. The van der Waals surface area contributed by atoms with E-state index in [1.807, 2.05) is 36.0 Å². The van der Waals surface area contributed by atoms with Gasteiger partial charge >= 0.3 is 12.0 Å². The highest BCUT2D eigenvalue weighted by atomic mass is 35.5. The molecule has 0 spiro atoms. The number of halogens is 2. The minimum atomic E-state index is -0.922. The number of thiazole rings is 1. The molecule has 3 aliphatic rings. The van der Waals surface area contributed by atoms with Crippen LogP contribution in [0, 0.1) is 5.82 Å². The molecule has 2 aromatic rings. The summed E-state index contributed by atoms with van der Waals surface area (Å²) in [5, 5.41) is 5.68. The molecule has 0 radical (unpaired) electrons. The van der Waals surface area contributed by atoms with E-state index < -0.39 is 17.8 Å². The van der Waals surface area contributed by atoms with E-state index in [1.54, 1.807) is 25.3 Å². The molecule has 2 amide bonds. The van der Waals surface area contributed by atoms with Gasteiger partial charge in [-0.2, -0.15) is 0 Å². The monoisotopic (exact) mass is 603 g/mol. The summed E-state index contributed by atoms with van der Waals surface area (Å²) in [5.74, 6) is -0.724. The molecule has 3 N–H and O–H groups in total. The van der Waals surface area contributed by atoms with Crippen LogP contribution in [0.2, 0.25) is 5.02 Å². The van der Waals surface area contributed by atoms with Gasteiger partial charge in [0.1, 0.15) is 11.9 Å². The number of rotatable bonds is 7. The number of nitrogens with one attached hydrogen (secondary N) is 1. The molecule has 2 fully saturated rings. The maximum absolute atomic E-state index is 14.6. The molecule has 0 saturated carbocycles. The Balaban J connectivity index is 1.56. The molecular weight excluding hydrogens is 569 g/mol. The lowest BCUT2D eigenvalue weighted by Crippen LogP contribution is -2.62. The number of esters is 1. The molecule has 3 atom stereocenters. The zero-order valence-electron chi connectivity index (χ0n) is 23.6. The van der Waals surface area contributed by atoms with Crippen molar-refractivity contribution < 1.29 is 18.7 Å². The van der Waals surface area contributed by atoms with Gasteiger partial charge in [0.25, 0.3) is 0 Å². The van der Waals surface area contributed by atoms with E-state index in [0.29, 0.717) is 54.8 Å². The number of hydrogen-bond donors (Lipinski definition) is 2. The number of carbonyl (C=O) groups excluding carboxylic acids is 2. The standard InChI is InChI=1S/C28H35ClFN7O3S/c1-5-40-26(38)21-18(14-35-10-11-36-20(19(35)13-31)15-37(27(36)39)28(2,3)4)33-24(25-32-9-12-41-25)34-23(21)16-7-6-8-17(30)22(16)29/h6-9,12,19-20,23H,5,10-11,13-15,31H2,1-4H3,(H,33,34). The number of piperazine rings is 1. The van der Waals surface area contributed by atoms with Gasteiger partial charge in [-0.1, -0.05) is 23.7 Å². The topological polar surface area (TPSA) is 116 Å². The van der Waals surface area contributed by atoms with E-state index in [2.05, 4.69) is 15.2 Å². The van der Waals surface area contributed by atoms with Crippen molar-refractivity contribution in [3.8, 4) is 0 Å². The molecular formula is C28H35ClFN7O3S. The molecule has 2 saturated heterocycles. The molecule has 41 heavy (non-hydrogen) atoms. The largest absolute Gasteiger partial charge is 0.463 e. The summed E-state index contributed by atoms with van der Waals surface area (Å²) >= 11 is 7.82. The highest BCUT2D eigenvalue weighted by Crippen LogP contribution is 2.38. The van der Waals surface area contributed by atoms with E-state index in [0.717, 1.165) is 0 Å². The van der Waals surface area contributed by atoms with E-state index >= 15 is 0 Å². The molecule has 1 aromatic heterocycles. The van der Waals surface area contributed by atoms with Gasteiger partial charge in [0.05, 0.1) is 23.2 Å². The van der Waals surface area contributed by atoms with Crippen molar-refractivity contribution in [3.63, 3.8) is 0 Å². The second kappa shape index (κ2) is 11.7. The predicted octanol–water partition coefficient (Wildman–Crippen LogP) is 3.39. The van der Waals surface area contributed by atoms with Crippen LogP contribution in [0.25, 0.3) is 0 Å². The first kappa shape index (κ1) is 29.4. The summed E-state index contributed by atoms with van der Waals surface area (Å²) in [6.45, 7) is 10.2. The number of fused-ring (bicyclic) bond motifs is 1. The lowest BCUT2D eigenvalue weighted by Gasteiger charge is -2.44. The SMILES string of the molecule is CCOC(=O)C1=C(CN2CCN3C(=O)N(C(C)(C)C)CC3C2CN)NC(c2nccs2)=NC1c1cccc(F)c1Cl. The van der Waals surface area contributed by atoms with Crippen molar-refractivity contribution >= 4 is 40.8 Å². The first-order valence-electron chi connectivity index (χ1n) is 13.7. The quantitative estimate of drug-likeness (QED) is 0.466. The fourth-order valence-electron chi connectivity index (χ4n) is 5.74. The Morgan fingerprint density at radius 2 is 2.10 bits per heavy atom. The average Bonchev–Trinajstić information content (AvgIpc) is 3.58. The number of aliphatic imine (C=N–C) groups is 1. The number of aromatic nitrogens is 1. The van der Waals surface area contributed by atoms with Gasteiger partial charge in [0, 0.05) is 67.1 Å². The molecule has 5 rings (SSSR count). The fourth-order valence-corrected chi connectivity index (χ4v) is 6.56. The highest BCUT2D eigenvalue weighted by Gasteiger charge is 2.49. The van der Waals surface area contributed by atoms with Crippen LogP contribution in [-0.2, 0) is 9.53 Å². The van der Waals surface area contributed by atoms with Crippen LogP contribution in [0.3, 0.4) is 0 Å². The van der Waals surface area contributed by atoms with E-state index in [-0.39, 0.29) is 40.9 Å². The average molecular weight is 604 g/mol. The molecule has 0 bridgehead atoms. The number of benzene rings is 1. The smallest absolute Gasteiger partial charge is 0.338 e. The fraction of sp³-hybridized carbons (Fsp3) is 0.500. The van der Waals surface area contributed by atoms with Crippen LogP contribution in [0.5, 0.6) is 0 Å². The number of ether oxygens (including phenoxy) is 1. The van der Waals surface area contributed by atoms with Crippen molar-refractivity contribution in [1.29, 1.82) is 0 Å². The Hall–Kier alpha value is -3.06. The maximum Gasteiger partial charge on any atom is 0.338 e. The molecule has 3 unspecified atom stereocenters. The summed E-state index contributed by atoms with van der Waals surface area (Å²) in [6, 6.07) is 3.31. The van der Waals surface area contributed by atoms with Gasteiger partial charge in [0.2, 0.25) is 0 Å². The third kappa shape index (κ3) is 5.57. The highest BCUT2D eigenvalue weighted by molar-refractivity contribution is 7.11. The van der Waals surface area contributed by atoms with Gasteiger partial charge in [-0.25, -0.2) is 19.0 Å². The molecule has 10 nitrogen and oxygen atoms in total. The van der Waals surface area contributed by atoms with Crippen molar-refractivity contribution in [1.82, 2.24) is 25.0 Å². The number of nitrogens with two attached hydrogens (primary N) is 1. The molecule has 220 valence electrons. The Morgan fingerprint density at radius 3 is 2.76 bits per heavy atom. The first-order chi connectivity index (χ1) is 19.5. The van der Waals surface area contributed by atoms with Gasteiger partial charge in [0.15, 0.2) is 10.8 Å². The number of amidine groups is 1. The van der Waals surface area contributed by atoms with E-state index in [4.69, 9.17) is 27.1 Å². The van der Waals surface area contributed by atoms with Crippen molar-refractivity contribution in [2.45, 2.75) is 51.4 Å². The summed E-state index contributed by atoms with van der Waals surface area (Å²) in [6.07, 6.45) is 1.67. The van der Waals surface area contributed by atoms with E-state index in [1.165, 1.54) is 17.4 Å².